The molecule has 1 aliphatic heterocycles. The number of aromatic nitrogens is 3. The van der Waals surface area contributed by atoms with Gasteiger partial charge in [-0.3, -0.25) is 4.79 Å². The van der Waals surface area contributed by atoms with E-state index in [0.717, 1.165) is 12.8 Å². The normalized spacial score (nSPS) is 17.2. The molecular formula is C17H18F2N4O4. The highest BCUT2D eigenvalue weighted by molar-refractivity contribution is 5.96. The fourth-order valence-corrected chi connectivity index (χ4v) is 3.11. The van der Waals surface area contributed by atoms with Gasteiger partial charge in [0.25, 0.3) is 5.91 Å². The van der Waals surface area contributed by atoms with Crippen molar-refractivity contribution in [3.8, 4) is 11.4 Å². The van der Waals surface area contributed by atoms with Gasteiger partial charge in [0.05, 0.1) is 11.4 Å². The Morgan fingerprint density at radius 3 is 2.59 bits per heavy atom. The molecule has 3 rings (SSSR count). The van der Waals surface area contributed by atoms with Gasteiger partial charge in [-0.2, -0.15) is 8.78 Å². The summed E-state index contributed by atoms with van der Waals surface area (Å²) in [7, 11) is 0. The molecule has 27 heavy (non-hydrogen) atoms. The Hall–Kier alpha value is -3.04. The zero-order chi connectivity index (χ0) is 19.6. The average molecular weight is 380 g/mol. The number of carbonyl (C=O) groups excluding carboxylic acids is 1. The van der Waals surface area contributed by atoms with Crippen LogP contribution >= 0.6 is 0 Å². The molecule has 1 saturated heterocycles. The molecule has 8 nitrogen and oxygen atoms in total. The molecule has 0 bridgehead atoms. The van der Waals surface area contributed by atoms with Gasteiger partial charge in [-0.1, -0.05) is 5.21 Å². The van der Waals surface area contributed by atoms with Gasteiger partial charge in [0.2, 0.25) is 0 Å². The van der Waals surface area contributed by atoms with E-state index in [-0.39, 0.29) is 11.4 Å². The lowest BCUT2D eigenvalue weighted by molar-refractivity contribution is -0.143. The van der Waals surface area contributed by atoms with E-state index in [4.69, 9.17) is 0 Å². The second-order valence-corrected chi connectivity index (χ2v) is 6.16. The predicted octanol–water partition coefficient (Wildman–Crippen LogP) is 2.26. The SMILES string of the molecule is Cc1c(C(=O)N2CCCCC2C(=O)O)nnn1-c1ccc(OC(F)F)cc1. The van der Waals surface area contributed by atoms with Crippen LogP contribution in [0.5, 0.6) is 5.75 Å². The third-order valence-corrected chi connectivity index (χ3v) is 4.45. The number of benzene rings is 1. The van der Waals surface area contributed by atoms with E-state index in [2.05, 4.69) is 15.0 Å². The smallest absolute Gasteiger partial charge is 0.387 e. The van der Waals surface area contributed by atoms with Gasteiger partial charge in [-0.15, -0.1) is 5.10 Å². The monoisotopic (exact) mass is 380 g/mol. The van der Waals surface area contributed by atoms with Crippen LogP contribution in [0.25, 0.3) is 5.69 Å². The zero-order valence-electron chi connectivity index (χ0n) is 14.5. The molecule has 1 amide bonds. The maximum absolute atomic E-state index is 12.8. The van der Waals surface area contributed by atoms with Gasteiger partial charge < -0.3 is 14.7 Å². The number of carboxylic acid groups (broad SMARTS) is 1. The molecule has 2 heterocycles. The number of amides is 1. The summed E-state index contributed by atoms with van der Waals surface area (Å²) in [6.45, 7) is -0.932. The van der Waals surface area contributed by atoms with Crippen molar-refractivity contribution in [2.24, 2.45) is 0 Å². The number of carbonyl (C=O) groups is 2. The van der Waals surface area contributed by atoms with Gasteiger partial charge in [-0.25, -0.2) is 9.48 Å². The summed E-state index contributed by atoms with van der Waals surface area (Å²) in [5, 5.41) is 17.2. The summed E-state index contributed by atoms with van der Waals surface area (Å²) in [4.78, 5) is 25.5. The number of aliphatic carboxylic acids is 1. The molecule has 1 aromatic heterocycles. The highest BCUT2D eigenvalue weighted by Gasteiger charge is 2.34. The van der Waals surface area contributed by atoms with Gasteiger partial charge in [0, 0.05) is 6.54 Å². The van der Waals surface area contributed by atoms with Crippen molar-refractivity contribution < 1.29 is 28.2 Å². The molecule has 1 aromatic carbocycles. The Bertz CT molecular complexity index is 838. The number of halogens is 2. The van der Waals surface area contributed by atoms with E-state index in [1.807, 2.05) is 0 Å². The molecule has 2 aromatic rings. The van der Waals surface area contributed by atoms with Crippen molar-refractivity contribution in [2.75, 3.05) is 6.54 Å². The Labute approximate surface area is 153 Å². The van der Waals surface area contributed by atoms with Crippen LogP contribution in [0.4, 0.5) is 8.78 Å². The molecular weight excluding hydrogens is 362 g/mol. The highest BCUT2D eigenvalue weighted by Crippen LogP contribution is 2.22. The van der Waals surface area contributed by atoms with Gasteiger partial charge in [0.15, 0.2) is 5.69 Å². The molecule has 10 heteroatoms. The number of alkyl halides is 2. The number of carboxylic acids is 1. The lowest BCUT2D eigenvalue weighted by Gasteiger charge is -2.32. The van der Waals surface area contributed by atoms with Crippen LogP contribution in [0.3, 0.4) is 0 Å². The second kappa shape index (κ2) is 7.68. The molecule has 1 atom stereocenters. The quantitative estimate of drug-likeness (QED) is 0.855. The minimum atomic E-state index is -2.92. The molecule has 144 valence electrons. The first-order valence-electron chi connectivity index (χ1n) is 8.40. The minimum absolute atomic E-state index is 0.000403. The molecule has 1 fully saturated rings. The first-order chi connectivity index (χ1) is 12.9. The summed E-state index contributed by atoms with van der Waals surface area (Å²) in [5.41, 5.74) is 1.00. The summed E-state index contributed by atoms with van der Waals surface area (Å²) < 4.78 is 30.1. The average Bonchev–Trinajstić information content (AvgIpc) is 3.02. The van der Waals surface area contributed by atoms with E-state index < -0.39 is 24.5 Å². The second-order valence-electron chi connectivity index (χ2n) is 6.16. The molecule has 1 aliphatic rings. The summed E-state index contributed by atoms with van der Waals surface area (Å²) in [6.07, 6.45) is 1.88. The number of nitrogens with zero attached hydrogens (tertiary/aromatic N) is 4. The van der Waals surface area contributed by atoms with Crippen molar-refractivity contribution in [1.29, 1.82) is 0 Å². The highest BCUT2D eigenvalue weighted by atomic mass is 19.3. The number of ether oxygens (including phenoxy) is 1. The maximum atomic E-state index is 12.8. The fourth-order valence-electron chi connectivity index (χ4n) is 3.11. The van der Waals surface area contributed by atoms with Crippen molar-refractivity contribution >= 4 is 11.9 Å². The Kier molecular flexibility index (Phi) is 5.33. The molecule has 0 aliphatic carbocycles. The third-order valence-electron chi connectivity index (χ3n) is 4.45. The number of piperidine rings is 1. The Morgan fingerprint density at radius 2 is 1.96 bits per heavy atom. The number of likely N-dealkylation sites (tertiary alicyclic amines) is 1. The summed E-state index contributed by atoms with van der Waals surface area (Å²) >= 11 is 0. The van der Waals surface area contributed by atoms with Crippen LogP contribution in [-0.4, -0.2) is 56.1 Å². The summed E-state index contributed by atoms with van der Waals surface area (Å²) in [5.74, 6) is -1.52. The van der Waals surface area contributed by atoms with E-state index in [9.17, 15) is 23.5 Å². The van der Waals surface area contributed by atoms with E-state index >= 15 is 0 Å². The van der Waals surface area contributed by atoms with Crippen molar-refractivity contribution in [3.05, 3.63) is 35.7 Å². The van der Waals surface area contributed by atoms with Crippen molar-refractivity contribution in [3.63, 3.8) is 0 Å². The van der Waals surface area contributed by atoms with Crippen molar-refractivity contribution in [2.45, 2.75) is 38.8 Å². The molecule has 0 spiro atoms. The maximum Gasteiger partial charge on any atom is 0.387 e. The Balaban J connectivity index is 1.84. The van der Waals surface area contributed by atoms with Gasteiger partial charge in [-0.05, 0) is 50.5 Å². The molecule has 1 N–H and O–H groups in total. The van der Waals surface area contributed by atoms with Gasteiger partial charge in [0.1, 0.15) is 11.8 Å². The number of hydrogen-bond acceptors (Lipinski definition) is 5. The van der Waals surface area contributed by atoms with E-state index in [1.165, 1.54) is 33.8 Å². The van der Waals surface area contributed by atoms with Crippen LogP contribution < -0.4 is 4.74 Å². The first kappa shape index (κ1) is 18.7. The molecule has 1 unspecified atom stereocenters. The van der Waals surface area contributed by atoms with Gasteiger partial charge >= 0.3 is 12.6 Å². The number of hydrogen-bond donors (Lipinski definition) is 1. The van der Waals surface area contributed by atoms with Crippen molar-refractivity contribution in [1.82, 2.24) is 19.9 Å². The standard InChI is InChI=1S/C17H18F2N4O4/c1-10-14(15(24)22-9-3-2-4-13(22)16(25)26)20-21-23(10)11-5-7-12(8-6-11)27-17(18)19/h5-8,13,17H,2-4,9H2,1H3,(H,25,26). The molecule has 0 radical (unpaired) electrons. The van der Waals surface area contributed by atoms with E-state index in [1.54, 1.807) is 6.92 Å². The van der Waals surface area contributed by atoms with E-state index in [0.29, 0.717) is 24.3 Å². The fraction of sp³-hybridized carbons (Fsp3) is 0.412. The predicted molar refractivity (Wildman–Crippen MR) is 89.0 cm³/mol. The van der Waals surface area contributed by atoms with Crippen LogP contribution in [0.1, 0.15) is 35.4 Å². The Morgan fingerprint density at radius 1 is 1.26 bits per heavy atom. The number of rotatable bonds is 5. The minimum Gasteiger partial charge on any atom is -0.480 e. The van der Waals surface area contributed by atoms with Crippen LogP contribution in [0, 0.1) is 6.92 Å². The molecule has 0 saturated carbocycles. The van der Waals surface area contributed by atoms with Crippen LogP contribution in [0.15, 0.2) is 24.3 Å². The largest absolute Gasteiger partial charge is 0.480 e. The third kappa shape index (κ3) is 3.88. The van der Waals surface area contributed by atoms with Crippen LogP contribution in [0.2, 0.25) is 0 Å². The topological polar surface area (TPSA) is 97.5 Å². The summed E-state index contributed by atoms with van der Waals surface area (Å²) in [6, 6.07) is 4.86. The lowest BCUT2D eigenvalue weighted by Crippen LogP contribution is -2.48. The van der Waals surface area contributed by atoms with Crippen LogP contribution in [-0.2, 0) is 4.79 Å². The zero-order valence-corrected chi connectivity index (χ0v) is 14.5. The lowest BCUT2D eigenvalue weighted by atomic mass is 10.0. The first-order valence-corrected chi connectivity index (χ1v) is 8.40.